The molecule has 0 radical (unpaired) electrons. The zero-order valence-corrected chi connectivity index (χ0v) is 10.5. The Labute approximate surface area is 103 Å². The minimum absolute atomic E-state index is 0.00137. The van der Waals surface area contributed by atoms with Crippen molar-refractivity contribution in [1.29, 1.82) is 0 Å². The average Bonchev–Trinajstić information content (AvgIpc) is 2.69. The SMILES string of the molecule is O=C(O)CCCS(=O)CC(=O)OC1CCCC1. The van der Waals surface area contributed by atoms with E-state index >= 15 is 0 Å². The zero-order valence-electron chi connectivity index (χ0n) is 9.72. The van der Waals surface area contributed by atoms with Crippen LogP contribution in [0.4, 0.5) is 0 Å². The molecular weight excluding hydrogens is 244 g/mol. The van der Waals surface area contributed by atoms with Crippen LogP contribution in [0.2, 0.25) is 0 Å². The Kier molecular flexibility index (Phi) is 6.18. The Bertz CT molecular complexity index is 296. The lowest BCUT2D eigenvalue weighted by molar-refractivity contribution is -0.145. The number of rotatable bonds is 7. The van der Waals surface area contributed by atoms with Crippen LogP contribution >= 0.6 is 0 Å². The summed E-state index contributed by atoms with van der Waals surface area (Å²) in [6, 6.07) is 0. The van der Waals surface area contributed by atoms with Crippen molar-refractivity contribution in [2.45, 2.75) is 44.6 Å². The molecule has 1 unspecified atom stereocenters. The quantitative estimate of drug-likeness (QED) is 0.694. The molecule has 0 bridgehead atoms. The van der Waals surface area contributed by atoms with Gasteiger partial charge in [0.2, 0.25) is 0 Å². The smallest absolute Gasteiger partial charge is 0.318 e. The minimum Gasteiger partial charge on any atom is -0.481 e. The third kappa shape index (κ3) is 6.41. The predicted octanol–water partition coefficient (Wildman–Crippen LogP) is 1.09. The minimum atomic E-state index is -1.30. The van der Waals surface area contributed by atoms with Gasteiger partial charge in [0.25, 0.3) is 0 Å². The molecule has 1 fully saturated rings. The first-order chi connectivity index (χ1) is 8.08. The van der Waals surface area contributed by atoms with E-state index in [1.54, 1.807) is 0 Å². The van der Waals surface area contributed by atoms with Gasteiger partial charge >= 0.3 is 11.9 Å². The van der Waals surface area contributed by atoms with Crippen LogP contribution < -0.4 is 0 Å². The van der Waals surface area contributed by atoms with Crippen LogP contribution in [0.15, 0.2) is 0 Å². The van der Waals surface area contributed by atoms with Gasteiger partial charge in [0.15, 0.2) is 0 Å². The van der Waals surface area contributed by atoms with Gasteiger partial charge in [-0.1, -0.05) is 0 Å². The molecule has 0 aromatic rings. The van der Waals surface area contributed by atoms with Crippen molar-refractivity contribution in [3.8, 4) is 0 Å². The lowest BCUT2D eigenvalue weighted by Crippen LogP contribution is -2.21. The van der Waals surface area contributed by atoms with Crippen molar-refractivity contribution in [3.05, 3.63) is 0 Å². The van der Waals surface area contributed by atoms with Crippen molar-refractivity contribution < 1.29 is 23.6 Å². The molecule has 0 heterocycles. The Balaban J connectivity index is 2.12. The summed E-state index contributed by atoms with van der Waals surface area (Å²) in [4.78, 5) is 21.6. The van der Waals surface area contributed by atoms with Gasteiger partial charge in [0.1, 0.15) is 11.9 Å². The second kappa shape index (κ2) is 7.42. The van der Waals surface area contributed by atoms with Crippen LogP contribution in [0, 0.1) is 0 Å². The number of carboxylic acids is 1. The first-order valence-electron chi connectivity index (χ1n) is 5.84. The molecule has 1 N–H and O–H groups in total. The molecule has 5 nitrogen and oxygen atoms in total. The highest BCUT2D eigenvalue weighted by atomic mass is 32.2. The number of carbonyl (C=O) groups is 2. The highest BCUT2D eigenvalue weighted by Crippen LogP contribution is 2.20. The number of carboxylic acid groups (broad SMARTS) is 1. The van der Waals surface area contributed by atoms with Gasteiger partial charge in [0, 0.05) is 23.0 Å². The fourth-order valence-corrected chi connectivity index (χ4v) is 2.76. The number of hydrogen-bond acceptors (Lipinski definition) is 4. The maximum Gasteiger partial charge on any atom is 0.318 e. The first kappa shape index (κ1) is 14.2. The van der Waals surface area contributed by atoms with Gasteiger partial charge in [-0.2, -0.15) is 0 Å². The van der Waals surface area contributed by atoms with E-state index in [0.29, 0.717) is 6.42 Å². The van der Waals surface area contributed by atoms with E-state index in [4.69, 9.17) is 9.84 Å². The highest BCUT2D eigenvalue weighted by molar-refractivity contribution is 7.85. The molecule has 1 aliphatic carbocycles. The Morgan fingerprint density at radius 3 is 2.53 bits per heavy atom. The molecule has 6 heteroatoms. The average molecular weight is 262 g/mol. The summed E-state index contributed by atoms with van der Waals surface area (Å²) in [5.74, 6) is -1.21. The predicted molar refractivity (Wildman–Crippen MR) is 63.1 cm³/mol. The van der Waals surface area contributed by atoms with Crippen LogP contribution in [0.3, 0.4) is 0 Å². The molecule has 98 valence electrons. The van der Waals surface area contributed by atoms with Crippen molar-refractivity contribution in [2.24, 2.45) is 0 Å². The van der Waals surface area contributed by atoms with Crippen molar-refractivity contribution in [3.63, 3.8) is 0 Å². The maximum atomic E-state index is 11.4. The largest absolute Gasteiger partial charge is 0.481 e. The fraction of sp³-hybridized carbons (Fsp3) is 0.818. The van der Waals surface area contributed by atoms with E-state index < -0.39 is 22.7 Å². The highest BCUT2D eigenvalue weighted by Gasteiger charge is 2.20. The van der Waals surface area contributed by atoms with Gasteiger partial charge in [-0.05, 0) is 32.1 Å². The van der Waals surface area contributed by atoms with Crippen LogP contribution in [0.1, 0.15) is 38.5 Å². The van der Waals surface area contributed by atoms with Crippen molar-refractivity contribution in [2.75, 3.05) is 11.5 Å². The molecule has 1 saturated carbocycles. The fourth-order valence-electron chi connectivity index (χ4n) is 1.81. The molecule has 1 atom stereocenters. The topological polar surface area (TPSA) is 80.7 Å². The van der Waals surface area contributed by atoms with Gasteiger partial charge in [-0.15, -0.1) is 0 Å². The number of hydrogen-bond donors (Lipinski definition) is 1. The van der Waals surface area contributed by atoms with Gasteiger partial charge in [-0.25, -0.2) is 0 Å². The summed E-state index contributed by atoms with van der Waals surface area (Å²) in [5, 5.41) is 8.41. The first-order valence-corrected chi connectivity index (χ1v) is 7.33. The molecule has 17 heavy (non-hydrogen) atoms. The molecule has 0 aromatic carbocycles. The van der Waals surface area contributed by atoms with E-state index in [0.717, 1.165) is 25.7 Å². The molecule has 1 rings (SSSR count). The maximum absolute atomic E-state index is 11.4. The molecule has 0 saturated heterocycles. The number of aliphatic carboxylic acids is 1. The monoisotopic (exact) mass is 262 g/mol. The molecule has 0 spiro atoms. The molecular formula is C11H18O5S. The van der Waals surface area contributed by atoms with Crippen LogP contribution in [-0.2, 0) is 25.1 Å². The molecule has 0 aromatic heterocycles. The third-order valence-electron chi connectivity index (χ3n) is 2.64. The summed E-state index contributed by atoms with van der Waals surface area (Å²) < 4.78 is 16.6. The van der Waals surface area contributed by atoms with Gasteiger partial charge in [0.05, 0.1) is 0 Å². The zero-order chi connectivity index (χ0) is 12.7. The Morgan fingerprint density at radius 2 is 1.94 bits per heavy atom. The Morgan fingerprint density at radius 1 is 1.29 bits per heavy atom. The summed E-state index contributed by atoms with van der Waals surface area (Å²) in [5.41, 5.74) is 0. The number of esters is 1. The lowest BCUT2D eigenvalue weighted by Gasteiger charge is -2.10. The summed E-state index contributed by atoms with van der Waals surface area (Å²) >= 11 is 0. The second-order valence-electron chi connectivity index (χ2n) is 4.18. The van der Waals surface area contributed by atoms with Crippen molar-refractivity contribution >= 4 is 22.7 Å². The Hall–Kier alpha value is -0.910. The van der Waals surface area contributed by atoms with Crippen molar-refractivity contribution in [1.82, 2.24) is 0 Å². The summed E-state index contributed by atoms with van der Waals surface area (Å²) in [6.45, 7) is 0. The van der Waals surface area contributed by atoms with E-state index in [1.165, 1.54) is 0 Å². The molecule has 1 aliphatic rings. The second-order valence-corrected chi connectivity index (χ2v) is 5.76. The van der Waals surface area contributed by atoms with Crippen LogP contribution in [-0.4, -0.2) is 38.9 Å². The van der Waals surface area contributed by atoms with Crippen LogP contribution in [0.25, 0.3) is 0 Å². The summed E-state index contributed by atoms with van der Waals surface area (Å²) in [7, 11) is -1.30. The number of carbonyl (C=O) groups excluding carboxylic acids is 1. The lowest BCUT2D eigenvalue weighted by atomic mass is 10.3. The van der Waals surface area contributed by atoms with E-state index in [1.807, 2.05) is 0 Å². The van der Waals surface area contributed by atoms with Gasteiger partial charge < -0.3 is 9.84 Å². The standard InChI is InChI=1S/C11H18O5S/c12-10(13)6-3-7-17(15)8-11(14)16-9-4-1-2-5-9/h9H,1-8H2,(H,12,13). The molecule has 0 aliphatic heterocycles. The molecule has 0 amide bonds. The number of ether oxygens (including phenoxy) is 1. The normalized spacial score (nSPS) is 17.9. The van der Waals surface area contributed by atoms with E-state index in [9.17, 15) is 13.8 Å². The van der Waals surface area contributed by atoms with Gasteiger partial charge in [-0.3, -0.25) is 13.8 Å². The summed E-state index contributed by atoms with van der Waals surface area (Å²) in [6.07, 6.45) is 4.29. The van der Waals surface area contributed by atoms with E-state index in [-0.39, 0.29) is 24.0 Å². The third-order valence-corrected chi connectivity index (χ3v) is 3.94. The van der Waals surface area contributed by atoms with E-state index in [2.05, 4.69) is 0 Å². The van der Waals surface area contributed by atoms with Crippen LogP contribution in [0.5, 0.6) is 0 Å².